The summed E-state index contributed by atoms with van der Waals surface area (Å²) < 4.78 is 0. The molecule has 1 heterocycles. The molecule has 1 aliphatic rings. The van der Waals surface area contributed by atoms with Gasteiger partial charge in [-0.25, -0.2) is 0 Å². The van der Waals surface area contributed by atoms with Crippen LogP contribution in [-0.4, -0.2) is 14.1 Å². The number of benzene rings is 2. The molecule has 98 valence electrons. The Morgan fingerprint density at radius 3 is 2.47 bits per heavy atom. The topological polar surface area (TPSA) is 3.24 Å². The van der Waals surface area contributed by atoms with Crippen molar-refractivity contribution in [1.29, 1.82) is 0 Å². The van der Waals surface area contributed by atoms with Crippen LogP contribution in [-0.2, 0) is 6.42 Å². The summed E-state index contributed by atoms with van der Waals surface area (Å²) in [5.41, 5.74) is 4.23. The predicted octanol–water partition coefficient (Wildman–Crippen LogP) is 4.53. The van der Waals surface area contributed by atoms with E-state index < -0.39 is 0 Å². The highest BCUT2D eigenvalue weighted by Gasteiger charge is 2.20. The molecule has 0 unspecified atom stereocenters. The van der Waals surface area contributed by atoms with Gasteiger partial charge in [0.2, 0.25) is 0 Å². The third kappa shape index (κ3) is 2.64. The van der Waals surface area contributed by atoms with Gasteiger partial charge in [-0.3, -0.25) is 0 Å². The quantitative estimate of drug-likeness (QED) is 0.788. The van der Waals surface area contributed by atoms with Gasteiger partial charge in [-0.15, -0.1) is 11.8 Å². The fourth-order valence-electron chi connectivity index (χ4n) is 2.55. The molecular formula is C17H19NS. The number of thioether (sulfide) groups is 1. The zero-order valence-corrected chi connectivity index (χ0v) is 12.3. The van der Waals surface area contributed by atoms with Crippen LogP contribution in [0.1, 0.15) is 22.8 Å². The molecule has 0 N–H and O–H groups in total. The first-order valence-electron chi connectivity index (χ1n) is 6.76. The van der Waals surface area contributed by atoms with Crippen LogP contribution in [0, 0.1) is 0 Å². The van der Waals surface area contributed by atoms with Gasteiger partial charge in [0, 0.05) is 29.9 Å². The van der Waals surface area contributed by atoms with Gasteiger partial charge >= 0.3 is 0 Å². The van der Waals surface area contributed by atoms with Crippen molar-refractivity contribution in [3.8, 4) is 0 Å². The zero-order chi connectivity index (χ0) is 13.2. The molecule has 2 heteroatoms. The number of rotatable bonds is 2. The van der Waals surface area contributed by atoms with E-state index in [-0.39, 0.29) is 0 Å². The maximum absolute atomic E-state index is 2.28. The van der Waals surface area contributed by atoms with Crippen LogP contribution >= 0.6 is 11.8 Å². The summed E-state index contributed by atoms with van der Waals surface area (Å²) >= 11 is 2.01. The van der Waals surface area contributed by atoms with E-state index >= 15 is 0 Å². The lowest BCUT2D eigenvalue weighted by Crippen LogP contribution is -2.09. The summed E-state index contributed by atoms with van der Waals surface area (Å²) in [4.78, 5) is 3.60. The van der Waals surface area contributed by atoms with Crippen molar-refractivity contribution >= 4 is 17.4 Å². The van der Waals surface area contributed by atoms with Crippen LogP contribution in [0.25, 0.3) is 0 Å². The summed E-state index contributed by atoms with van der Waals surface area (Å²) in [6, 6.07) is 17.8. The molecule has 19 heavy (non-hydrogen) atoms. The summed E-state index contributed by atoms with van der Waals surface area (Å²) in [6.07, 6.45) is 2.44. The number of anilines is 1. The fraction of sp³-hybridized carbons (Fsp3) is 0.294. The third-order valence-corrected chi connectivity index (χ3v) is 5.14. The molecule has 0 amide bonds. The average molecular weight is 269 g/mol. The highest BCUT2D eigenvalue weighted by atomic mass is 32.2. The molecule has 0 aromatic heterocycles. The summed E-state index contributed by atoms with van der Waals surface area (Å²) in [5, 5.41) is 0.603. The Hall–Kier alpha value is -1.41. The van der Waals surface area contributed by atoms with Crippen LogP contribution < -0.4 is 4.90 Å². The van der Waals surface area contributed by atoms with Crippen LogP contribution in [0.15, 0.2) is 53.4 Å². The zero-order valence-electron chi connectivity index (χ0n) is 11.5. The van der Waals surface area contributed by atoms with Crippen molar-refractivity contribution in [1.82, 2.24) is 0 Å². The molecule has 0 bridgehead atoms. The molecule has 0 saturated carbocycles. The first-order chi connectivity index (χ1) is 9.24. The second-order valence-electron chi connectivity index (χ2n) is 5.24. The summed E-state index contributed by atoms with van der Waals surface area (Å²) in [6.45, 7) is 0. The van der Waals surface area contributed by atoms with Crippen molar-refractivity contribution in [2.24, 2.45) is 0 Å². The molecule has 0 saturated heterocycles. The minimum Gasteiger partial charge on any atom is -0.378 e. The van der Waals surface area contributed by atoms with E-state index in [2.05, 4.69) is 67.5 Å². The number of nitrogens with zero attached hydrogens (tertiary/aromatic N) is 1. The molecule has 0 spiro atoms. The van der Waals surface area contributed by atoms with E-state index in [4.69, 9.17) is 0 Å². The monoisotopic (exact) mass is 269 g/mol. The lowest BCUT2D eigenvalue weighted by molar-refractivity contribution is 0.771. The Balaban J connectivity index is 1.81. The first-order valence-corrected chi connectivity index (χ1v) is 7.64. The molecular weight excluding hydrogens is 250 g/mol. The highest BCUT2D eigenvalue weighted by molar-refractivity contribution is 7.99. The molecule has 0 fully saturated rings. The second-order valence-corrected chi connectivity index (χ2v) is 6.48. The van der Waals surface area contributed by atoms with Gasteiger partial charge in [-0.2, -0.15) is 0 Å². The third-order valence-electron chi connectivity index (χ3n) is 3.70. The number of fused-ring (bicyclic) bond motifs is 1. The molecule has 0 radical (unpaired) electrons. The van der Waals surface area contributed by atoms with Crippen LogP contribution in [0.5, 0.6) is 0 Å². The van der Waals surface area contributed by atoms with Crippen molar-refractivity contribution in [2.75, 3.05) is 19.0 Å². The van der Waals surface area contributed by atoms with Gasteiger partial charge in [0.25, 0.3) is 0 Å². The Morgan fingerprint density at radius 2 is 1.74 bits per heavy atom. The van der Waals surface area contributed by atoms with Crippen LogP contribution in [0.4, 0.5) is 5.69 Å². The Morgan fingerprint density at radius 1 is 1.00 bits per heavy atom. The highest BCUT2D eigenvalue weighted by Crippen LogP contribution is 2.44. The minimum atomic E-state index is 0.603. The van der Waals surface area contributed by atoms with Gasteiger partial charge in [0.05, 0.1) is 0 Å². The second kappa shape index (κ2) is 5.30. The molecule has 1 aliphatic heterocycles. The van der Waals surface area contributed by atoms with Crippen LogP contribution in [0.2, 0.25) is 0 Å². The molecule has 2 aromatic rings. The van der Waals surface area contributed by atoms with E-state index in [0.29, 0.717) is 5.25 Å². The average Bonchev–Trinajstić information content (AvgIpc) is 2.47. The minimum absolute atomic E-state index is 0.603. The van der Waals surface area contributed by atoms with Crippen molar-refractivity contribution in [3.63, 3.8) is 0 Å². The van der Waals surface area contributed by atoms with Gasteiger partial charge in [0.1, 0.15) is 0 Å². The SMILES string of the molecule is CN(C)c1ccc([C@H]2CCc3ccccc3S2)cc1. The van der Waals surface area contributed by atoms with Gasteiger partial charge in [0.15, 0.2) is 0 Å². The van der Waals surface area contributed by atoms with Crippen molar-refractivity contribution in [2.45, 2.75) is 23.0 Å². The predicted molar refractivity (Wildman–Crippen MR) is 84.1 cm³/mol. The lowest BCUT2D eigenvalue weighted by atomic mass is 10.0. The van der Waals surface area contributed by atoms with Gasteiger partial charge < -0.3 is 4.90 Å². The summed E-state index contributed by atoms with van der Waals surface area (Å²) in [5.74, 6) is 0. The van der Waals surface area contributed by atoms with E-state index in [9.17, 15) is 0 Å². The first kappa shape index (κ1) is 12.6. The largest absolute Gasteiger partial charge is 0.378 e. The molecule has 2 aromatic carbocycles. The maximum atomic E-state index is 2.28. The Kier molecular flexibility index (Phi) is 3.52. The molecule has 1 atom stereocenters. The van der Waals surface area contributed by atoms with Gasteiger partial charge in [-0.1, -0.05) is 30.3 Å². The van der Waals surface area contributed by atoms with E-state index in [1.54, 1.807) is 0 Å². The van der Waals surface area contributed by atoms with E-state index in [1.807, 2.05) is 11.8 Å². The fourth-order valence-corrected chi connectivity index (χ4v) is 3.86. The standard InChI is InChI=1S/C17H19NS/c1-18(2)15-10-7-14(8-11-15)17-12-9-13-5-3-4-6-16(13)19-17/h3-8,10-11,17H,9,12H2,1-2H3/t17-/m1/s1. The number of aryl methyl sites for hydroxylation is 1. The van der Waals surface area contributed by atoms with Crippen molar-refractivity contribution < 1.29 is 0 Å². The smallest absolute Gasteiger partial charge is 0.0361 e. The Labute approximate surface area is 119 Å². The normalized spacial score (nSPS) is 17.9. The van der Waals surface area contributed by atoms with E-state index in [1.165, 1.54) is 34.6 Å². The molecule has 1 nitrogen and oxygen atoms in total. The van der Waals surface area contributed by atoms with Crippen molar-refractivity contribution in [3.05, 3.63) is 59.7 Å². The number of hydrogen-bond donors (Lipinski definition) is 0. The number of hydrogen-bond acceptors (Lipinski definition) is 2. The van der Waals surface area contributed by atoms with Gasteiger partial charge in [-0.05, 0) is 42.2 Å². The Bertz CT molecular complexity index is 560. The maximum Gasteiger partial charge on any atom is 0.0361 e. The summed E-state index contributed by atoms with van der Waals surface area (Å²) in [7, 11) is 4.17. The molecule has 0 aliphatic carbocycles. The molecule has 3 rings (SSSR count). The van der Waals surface area contributed by atoms with Crippen LogP contribution in [0.3, 0.4) is 0 Å². The lowest BCUT2D eigenvalue weighted by Gasteiger charge is -2.24. The van der Waals surface area contributed by atoms with E-state index in [0.717, 1.165) is 0 Å².